The predicted molar refractivity (Wildman–Crippen MR) is 66.9 cm³/mol. The monoisotopic (exact) mass is 209 g/mol. The van der Waals surface area contributed by atoms with Gasteiger partial charge in [-0.2, -0.15) is 0 Å². The third-order valence-corrected chi connectivity index (χ3v) is 2.12. The molecule has 0 saturated carbocycles. The summed E-state index contributed by atoms with van der Waals surface area (Å²) in [5, 5.41) is 12.5. The number of rotatable bonds is 7. The molecule has 0 rings (SSSR count). The minimum atomic E-state index is 0.0906. The van der Waals surface area contributed by atoms with Crippen LogP contribution in [-0.4, -0.2) is 23.8 Å². The second-order valence-electron chi connectivity index (χ2n) is 4.11. The van der Waals surface area contributed by atoms with E-state index in [1.165, 1.54) is 0 Å². The fourth-order valence-corrected chi connectivity index (χ4v) is 1.44. The van der Waals surface area contributed by atoms with E-state index in [0.717, 1.165) is 17.6 Å². The number of hydrogen-bond acceptors (Lipinski definition) is 2. The molecule has 0 bridgehead atoms. The summed E-state index contributed by atoms with van der Waals surface area (Å²) in [4.78, 5) is 0. The molecule has 0 saturated heterocycles. The Morgan fingerprint density at radius 2 is 2.07 bits per heavy atom. The fraction of sp³-hybridized carbons (Fsp3) is 0.538. The van der Waals surface area contributed by atoms with Crippen LogP contribution in [0.2, 0.25) is 0 Å². The zero-order valence-corrected chi connectivity index (χ0v) is 10.1. The van der Waals surface area contributed by atoms with Gasteiger partial charge in [-0.15, -0.1) is 0 Å². The third kappa shape index (κ3) is 6.26. The molecule has 0 spiro atoms. The van der Waals surface area contributed by atoms with Crippen LogP contribution in [0.1, 0.15) is 27.2 Å². The molecule has 86 valence electrons. The Kier molecular flexibility index (Phi) is 7.01. The first kappa shape index (κ1) is 14.1. The van der Waals surface area contributed by atoms with Gasteiger partial charge in [-0.3, -0.25) is 0 Å². The number of aliphatic hydroxyl groups is 1. The average molecular weight is 209 g/mol. The molecular formula is C13H23NO. The van der Waals surface area contributed by atoms with Gasteiger partial charge in [-0.05, 0) is 18.9 Å². The Balaban J connectivity index is 4.42. The lowest BCUT2D eigenvalue weighted by Crippen LogP contribution is -2.37. The average Bonchev–Trinajstić information content (AvgIpc) is 2.14. The van der Waals surface area contributed by atoms with E-state index in [1.807, 2.05) is 13.0 Å². The summed E-state index contributed by atoms with van der Waals surface area (Å²) in [7, 11) is 0. The van der Waals surface area contributed by atoms with Gasteiger partial charge in [0.05, 0.1) is 6.61 Å². The first-order valence-electron chi connectivity index (χ1n) is 5.35. The van der Waals surface area contributed by atoms with E-state index in [0.29, 0.717) is 6.04 Å². The molecule has 0 radical (unpaired) electrons. The van der Waals surface area contributed by atoms with Crippen LogP contribution >= 0.6 is 0 Å². The first-order chi connectivity index (χ1) is 7.01. The molecule has 0 aromatic heterocycles. The van der Waals surface area contributed by atoms with Crippen molar-refractivity contribution in [1.82, 2.24) is 5.32 Å². The first-order valence-corrected chi connectivity index (χ1v) is 5.35. The van der Waals surface area contributed by atoms with Crippen molar-refractivity contribution in [1.29, 1.82) is 0 Å². The van der Waals surface area contributed by atoms with Crippen molar-refractivity contribution in [2.24, 2.45) is 0 Å². The quantitative estimate of drug-likeness (QED) is 0.631. The predicted octanol–water partition coefficient (Wildman–Crippen LogP) is 2.42. The molecular weight excluding hydrogens is 186 g/mol. The van der Waals surface area contributed by atoms with Crippen LogP contribution in [0.4, 0.5) is 0 Å². The summed E-state index contributed by atoms with van der Waals surface area (Å²) in [5.74, 6) is 0. The van der Waals surface area contributed by atoms with E-state index >= 15 is 0 Å². The molecule has 2 nitrogen and oxygen atoms in total. The van der Waals surface area contributed by atoms with Crippen molar-refractivity contribution in [3.63, 3.8) is 0 Å². The second-order valence-corrected chi connectivity index (χ2v) is 4.11. The molecule has 0 fully saturated rings. The Labute approximate surface area is 93.4 Å². The molecule has 1 atom stereocenters. The van der Waals surface area contributed by atoms with Gasteiger partial charge in [-0.25, -0.2) is 0 Å². The third-order valence-electron chi connectivity index (χ3n) is 2.12. The maximum atomic E-state index is 9.23. The van der Waals surface area contributed by atoms with Crippen LogP contribution in [0.15, 0.2) is 36.5 Å². The van der Waals surface area contributed by atoms with E-state index in [-0.39, 0.29) is 12.6 Å². The normalized spacial score (nSPS) is 14.1. The van der Waals surface area contributed by atoms with Gasteiger partial charge in [-0.1, -0.05) is 44.7 Å². The molecule has 15 heavy (non-hydrogen) atoms. The second kappa shape index (κ2) is 7.43. The lowest BCUT2D eigenvalue weighted by atomic mass is 10.00. The van der Waals surface area contributed by atoms with E-state index in [4.69, 9.17) is 0 Å². The van der Waals surface area contributed by atoms with Crippen molar-refractivity contribution in [2.75, 3.05) is 6.61 Å². The lowest BCUT2D eigenvalue weighted by molar-refractivity contribution is 0.234. The van der Waals surface area contributed by atoms with Crippen molar-refractivity contribution in [2.45, 2.75) is 39.3 Å². The van der Waals surface area contributed by atoms with E-state index in [1.54, 1.807) is 6.08 Å². The van der Waals surface area contributed by atoms with E-state index in [2.05, 4.69) is 32.3 Å². The number of aliphatic hydroxyl groups excluding tert-OH is 1. The summed E-state index contributed by atoms with van der Waals surface area (Å²) in [6.07, 6.45) is 4.50. The van der Waals surface area contributed by atoms with Gasteiger partial charge < -0.3 is 10.4 Å². The highest BCUT2D eigenvalue weighted by atomic mass is 16.3. The Hall–Kier alpha value is -0.860. The molecule has 2 heteroatoms. The summed E-state index contributed by atoms with van der Waals surface area (Å²) in [6, 6.07) is 0.463. The SMILES string of the molecule is C=C/C=C(/CC(CO)NC(C)C)C(=C)C. The summed E-state index contributed by atoms with van der Waals surface area (Å²) < 4.78 is 0. The van der Waals surface area contributed by atoms with Crippen LogP contribution in [0.25, 0.3) is 0 Å². The number of hydrogen-bond donors (Lipinski definition) is 2. The molecule has 0 aliphatic rings. The highest BCUT2D eigenvalue weighted by molar-refractivity contribution is 5.30. The van der Waals surface area contributed by atoms with Crippen molar-refractivity contribution < 1.29 is 5.11 Å². The van der Waals surface area contributed by atoms with Gasteiger partial charge >= 0.3 is 0 Å². The fourth-order valence-electron chi connectivity index (χ4n) is 1.44. The van der Waals surface area contributed by atoms with E-state index < -0.39 is 0 Å². The molecule has 0 aliphatic carbocycles. The van der Waals surface area contributed by atoms with Gasteiger partial charge in [0.25, 0.3) is 0 Å². The van der Waals surface area contributed by atoms with Gasteiger partial charge in [0, 0.05) is 12.1 Å². The van der Waals surface area contributed by atoms with E-state index in [9.17, 15) is 5.11 Å². The van der Waals surface area contributed by atoms with Crippen LogP contribution in [0, 0.1) is 0 Å². The standard InChI is InChI=1S/C13H23NO/c1-6-7-12(10(2)3)8-13(9-15)14-11(4)5/h6-7,11,13-15H,1-2,8-9H2,3-5H3/b12-7-. The molecule has 0 heterocycles. The Morgan fingerprint density at radius 3 is 2.40 bits per heavy atom. The maximum absolute atomic E-state index is 9.23. The molecule has 0 aromatic rings. The van der Waals surface area contributed by atoms with Crippen LogP contribution < -0.4 is 5.32 Å². The molecule has 0 aromatic carbocycles. The summed E-state index contributed by atoms with van der Waals surface area (Å²) >= 11 is 0. The molecule has 2 N–H and O–H groups in total. The molecule has 1 unspecified atom stereocenters. The smallest absolute Gasteiger partial charge is 0.0587 e. The highest BCUT2D eigenvalue weighted by Gasteiger charge is 2.11. The minimum absolute atomic E-state index is 0.0906. The van der Waals surface area contributed by atoms with Crippen molar-refractivity contribution in [3.8, 4) is 0 Å². The number of nitrogens with one attached hydrogen (secondary N) is 1. The maximum Gasteiger partial charge on any atom is 0.0587 e. The summed E-state index contributed by atoms with van der Waals surface area (Å²) in [6.45, 7) is 13.8. The van der Waals surface area contributed by atoms with Crippen LogP contribution in [0.5, 0.6) is 0 Å². The number of allylic oxidation sites excluding steroid dienone is 3. The molecule has 0 amide bonds. The van der Waals surface area contributed by atoms with Gasteiger partial charge in [0.2, 0.25) is 0 Å². The Bertz CT molecular complexity index is 241. The lowest BCUT2D eigenvalue weighted by Gasteiger charge is -2.20. The zero-order valence-electron chi connectivity index (χ0n) is 10.1. The van der Waals surface area contributed by atoms with Gasteiger partial charge in [0.1, 0.15) is 0 Å². The Morgan fingerprint density at radius 1 is 1.47 bits per heavy atom. The zero-order chi connectivity index (χ0) is 11.8. The highest BCUT2D eigenvalue weighted by Crippen LogP contribution is 2.14. The minimum Gasteiger partial charge on any atom is -0.395 e. The summed E-state index contributed by atoms with van der Waals surface area (Å²) in [5.41, 5.74) is 2.16. The van der Waals surface area contributed by atoms with Crippen LogP contribution in [-0.2, 0) is 0 Å². The molecule has 0 aliphatic heterocycles. The largest absolute Gasteiger partial charge is 0.395 e. The van der Waals surface area contributed by atoms with Crippen LogP contribution in [0.3, 0.4) is 0 Å². The van der Waals surface area contributed by atoms with Gasteiger partial charge in [0.15, 0.2) is 0 Å². The topological polar surface area (TPSA) is 32.3 Å². The van der Waals surface area contributed by atoms with Crippen molar-refractivity contribution in [3.05, 3.63) is 36.5 Å². The van der Waals surface area contributed by atoms with Crippen molar-refractivity contribution >= 4 is 0 Å².